The molecule has 2 aliphatic rings. The summed E-state index contributed by atoms with van der Waals surface area (Å²) in [6.45, 7) is 8.96. The fraction of sp³-hybridized carbons (Fsp3) is 0.500. The molecule has 1 aliphatic heterocycles. The van der Waals surface area contributed by atoms with E-state index in [-0.39, 0.29) is 11.5 Å². The van der Waals surface area contributed by atoms with Crippen LogP contribution in [0.2, 0.25) is 5.02 Å². The molecule has 1 saturated heterocycles. The first-order chi connectivity index (χ1) is 15.1. The molecule has 1 aromatic carbocycles. The molecule has 0 bridgehead atoms. The van der Waals surface area contributed by atoms with Crippen molar-refractivity contribution >= 4 is 23.4 Å². The molecular weight excluding hydrogens is 410 g/mol. The number of guanidine groups is 1. The Labute approximate surface area is 190 Å². The highest BCUT2D eigenvalue weighted by molar-refractivity contribution is 6.30. The average molecular weight is 442 g/mol. The maximum Gasteiger partial charge on any atom is 0.191 e. The van der Waals surface area contributed by atoms with E-state index in [1.165, 1.54) is 18.4 Å². The SMILES string of the molecule is CCNC(=NCc1ccnc(N2CCOC(C)C2)c1)NCC1(c2cccc(Cl)c2)CC1. The van der Waals surface area contributed by atoms with E-state index >= 15 is 0 Å². The van der Waals surface area contributed by atoms with Gasteiger partial charge in [-0.05, 0) is 62.1 Å². The molecule has 1 saturated carbocycles. The van der Waals surface area contributed by atoms with Crippen molar-refractivity contribution in [3.63, 3.8) is 0 Å². The van der Waals surface area contributed by atoms with Crippen LogP contribution in [0, 0.1) is 0 Å². The zero-order chi connectivity index (χ0) is 21.7. The second kappa shape index (κ2) is 9.88. The molecule has 2 N–H and O–H groups in total. The number of ether oxygens (including phenoxy) is 1. The van der Waals surface area contributed by atoms with E-state index in [1.807, 2.05) is 24.4 Å². The number of pyridine rings is 1. The summed E-state index contributed by atoms with van der Waals surface area (Å²) in [5.74, 6) is 1.84. The molecule has 2 aromatic rings. The summed E-state index contributed by atoms with van der Waals surface area (Å²) in [6.07, 6.45) is 4.45. The van der Waals surface area contributed by atoms with Crippen LogP contribution in [0.15, 0.2) is 47.6 Å². The Morgan fingerprint density at radius 2 is 2.16 bits per heavy atom. The van der Waals surface area contributed by atoms with Crippen LogP contribution < -0.4 is 15.5 Å². The molecule has 1 aromatic heterocycles. The van der Waals surface area contributed by atoms with Gasteiger partial charge >= 0.3 is 0 Å². The Kier molecular flexibility index (Phi) is 6.98. The lowest BCUT2D eigenvalue weighted by Gasteiger charge is -2.32. The van der Waals surface area contributed by atoms with Crippen molar-refractivity contribution in [3.8, 4) is 0 Å². The fourth-order valence-electron chi connectivity index (χ4n) is 4.06. The van der Waals surface area contributed by atoms with Crippen LogP contribution in [-0.2, 0) is 16.7 Å². The van der Waals surface area contributed by atoms with Crippen molar-refractivity contribution in [1.82, 2.24) is 15.6 Å². The molecule has 6 nitrogen and oxygen atoms in total. The molecule has 166 valence electrons. The number of anilines is 1. The van der Waals surface area contributed by atoms with Gasteiger partial charge in [0.1, 0.15) is 5.82 Å². The van der Waals surface area contributed by atoms with Gasteiger partial charge in [-0.1, -0.05) is 23.7 Å². The van der Waals surface area contributed by atoms with E-state index in [1.54, 1.807) is 0 Å². The summed E-state index contributed by atoms with van der Waals surface area (Å²) in [4.78, 5) is 11.7. The first-order valence-electron chi connectivity index (χ1n) is 11.2. The maximum absolute atomic E-state index is 6.21. The van der Waals surface area contributed by atoms with E-state index in [0.29, 0.717) is 6.54 Å². The Morgan fingerprint density at radius 3 is 2.90 bits per heavy atom. The van der Waals surface area contributed by atoms with Gasteiger partial charge in [0.25, 0.3) is 0 Å². The van der Waals surface area contributed by atoms with Crippen molar-refractivity contribution in [3.05, 3.63) is 58.7 Å². The molecule has 1 unspecified atom stereocenters. The highest BCUT2D eigenvalue weighted by Crippen LogP contribution is 2.48. The topological polar surface area (TPSA) is 61.8 Å². The van der Waals surface area contributed by atoms with E-state index in [9.17, 15) is 0 Å². The van der Waals surface area contributed by atoms with Crippen LogP contribution >= 0.6 is 11.6 Å². The molecule has 31 heavy (non-hydrogen) atoms. The van der Waals surface area contributed by atoms with Gasteiger partial charge < -0.3 is 20.3 Å². The van der Waals surface area contributed by atoms with Gasteiger partial charge in [-0.15, -0.1) is 0 Å². The summed E-state index contributed by atoms with van der Waals surface area (Å²) in [5.41, 5.74) is 2.62. The molecule has 2 fully saturated rings. The molecule has 1 atom stereocenters. The summed E-state index contributed by atoms with van der Waals surface area (Å²) in [5, 5.41) is 7.72. The summed E-state index contributed by atoms with van der Waals surface area (Å²) in [6, 6.07) is 12.4. The van der Waals surface area contributed by atoms with Crippen LogP contribution in [0.3, 0.4) is 0 Å². The number of aliphatic imine (C=N–C) groups is 1. The molecule has 1 aliphatic carbocycles. The minimum Gasteiger partial charge on any atom is -0.375 e. The summed E-state index contributed by atoms with van der Waals surface area (Å²) >= 11 is 6.21. The lowest BCUT2D eigenvalue weighted by molar-refractivity contribution is 0.0529. The quantitative estimate of drug-likeness (QED) is 0.506. The van der Waals surface area contributed by atoms with Crippen LogP contribution in [0.4, 0.5) is 5.82 Å². The Morgan fingerprint density at radius 1 is 1.29 bits per heavy atom. The van der Waals surface area contributed by atoms with Crippen molar-refractivity contribution in [2.24, 2.45) is 4.99 Å². The van der Waals surface area contributed by atoms with Crippen molar-refractivity contribution < 1.29 is 4.74 Å². The molecular formula is C24H32ClN5O. The minimum atomic E-state index is 0.165. The smallest absolute Gasteiger partial charge is 0.191 e. The number of aromatic nitrogens is 1. The predicted octanol–water partition coefficient (Wildman–Crippen LogP) is 3.75. The van der Waals surface area contributed by atoms with Gasteiger partial charge in [0.2, 0.25) is 0 Å². The summed E-state index contributed by atoms with van der Waals surface area (Å²) in [7, 11) is 0. The lowest BCUT2D eigenvalue weighted by Crippen LogP contribution is -2.41. The Bertz CT molecular complexity index is 914. The zero-order valence-electron chi connectivity index (χ0n) is 18.4. The van der Waals surface area contributed by atoms with Crippen molar-refractivity contribution in [2.75, 3.05) is 37.7 Å². The molecule has 0 spiro atoms. The second-order valence-corrected chi connectivity index (χ2v) is 8.93. The number of morpholine rings is 1. The first-order valence-corrected chi connectivity index (χ1v) is 11.6. The minimum absolute atomic E-state index is 0.165. The van der Waals surface area contributed by atoms with E-state index in [2.05, 4.69) is 52.6 Å². The third kappa shape index (κ3) is 5.69. The monoisotopic (exact) mass is 441 g/mol. The summed E-state index contributed by atoms with van der Waals surface area (Å²) < 4.78 is 5.65. The lowest BCUT2D eigenvalue weighted by atomic mass is 9.96. The van der Waals surface area contributed by atoms with Gasteiger partial charge in [-0.3, -0.25) is 0 Å². The van der Waals surface area contributed by atoms with Gasteiger partial charge in [0.05, 0.1) is 19.3 Å². The van der Waals surface area contributed by atoms with E-state index < -0.39 is 0 Å². The molecule has 7 heteroatoms. The van der Waals surface area contributed by atoms with Crippen molar-refractivity contribution in [1.29, 1.82) is 0 Å². The predicted molar refractivity (Wildman–Crippen MR) is 127 cm³/mol. The number of nitrogens with zero attached hydrogens (tertiary/aromatic N) is 3. The number of nitrogens with one attached hydrogen (secondary N) is 2. The van der Waals surface area contributed by atoms with Crippen LogP contribution in [0.1, 0.15) is 37.8 Å². The van der Waals surface area contributed by atoms with Gasteiger partial charge in [0, 0.05) is 42.8 Å². The third-order valence-corrected chi connectivity index (χ3v) is 6.26. The number of halogens is 1. The zero-order valence-corrected chi connectivity index (χ0v) is 19.2. The Balaban J connectivity index is 1.40. The molecule has 0 amide bonds. The third-order valence-electron chi connectivity index (χ3n) is 6.02. The first kappa shape index (κ1) is 21.9. The van der Waals surface area contributed by atoms with Gasteiger partial charge in [0.15, 0.2) is 5.96 Å². The number of hydrogen-bond donors (Lipinski definition) is 2. The fourth-order valence-corrected chi connectivity index (χ4v) is 4.25. The molecule has 2 heterocycles. The Hall–Kier alpha value is -2.31. The number of hydrogen-bond acceptors (Lipinski definition) is 4. The normalized spacial score (nSPS) is 20.4. The van der Waals surface area contributed by atoms with Crippen LogP contribution in [0.25, 0.3) is 0 Å². The highest BCUT2D eigenvalue weighted by Gasteiger charge is 2.44. The highest BCUT2D eigenvalue weighted by atomic mass is 35.5. The number of rotatable bonds is 7. The van der Waals surface area contributed by atoms with Crippen LogP contribution in [-0.4, -0.2) is 49.8 Å². The largest absolute Gasteiger partial charge is 0.375 e. The maximum atomic E-state index is 6.21. The average Bonchev–Trinajstić information content (AvgIpc) is 3.57. The van der Waals surface area contributed by atoms with Gasteiger partial charge in [-0.25, -0.2) is 9.98 Å². The molecule has 0 radical (unpaired) electrons. The van der Waals surface area contributed by atoms with Crippen LogP contribution in [0.5, 0.6) is 0 Å². The molecule has 4 rings (SSSR count). The standard InChI is InChI=1S/C24H32ClN5O/c1-3-26-23(29-17-24(8-9-24)20-5-4-6-21(25)14-20)28-15-19-7-10-27-22(13-19)30-11-12-31-18(2)16-30/h4-7,10,13-14,18H,3,8-9,11-12,15-17H2,1-2H3,(H2,26,28,29). The second-order valence-electron chi connectivity index (χ2n) is 8.49. The number of benzene rings is 1. The van der Waals surface area contributed by atoms with E-state index in [4.69, 9.17) is 21.3 Å². The van der Waals surface area contributed by atoms with Gasteiger partial charge in [-0.2, -0.15) is 0 Å². The van der Waals surface area contributed by atoms with Crippen molar-refractivity contribution in [2.45, 2.75) is 44.8 Å². The van der Waals surface area contributed by atoms with E-state index in [0.717, 1.165) is 55.1 Å².